The lowest BCUT2D eigenvalue weighted by atomic mass is 9.92. The first-order valence-corrected chi connectivity index (χ1v) is 11.9. The Morgan fingerprint density at radius 1 is 1.17 bits per heavy atom. The van der Waals surface area contributed by atoms with Crippen LogP contribution in [0.2, 0.25) is 0 Å². The van der Waals surface area contributed by atoms with Crippen LogP contribution in [0, 0.1) is 0 Å². The molecular weight excluding hydrogens is 416 g/mol. The van der Waals surface area contributed by atoms with Crippen molar-refractivity contribution >= 4 is 39.8 Å². The zero-order valence-corrected chi connectivity index (χ0v) is 18.7. The molecule has 156 valence electrons. The highest BCUT2D eigenvalue weighted by Gasteiger charge is 2.27. The molecule has 0 bridgehead atoms. The molecular formula is C22H24N4O2S2. The third kappa shape index (κ3) is 4.20. The molecule has 0 saturated carbocycles. The number of benzene rings is 1. The number of hydrogen-bond acceptors (Lipinski definition) is 6. The van der Waals surface area contributed by atoms with Crippen molar-refractivity contribution in [3.8, 4) is 0 Å². The number of hydrogen-bond donors (Lipinski definition) is 1. The van der Waals surface area contributed by atoms with E-state index < -0.39 is 0 Å². The highest BCUT2D eigenvalue weighted by Crippen LogP contribution is 2.39. The van der Waals surface area contributed by atoms with Crippen molar-refractivity contribution in [3.05, 3.63) is 57.7 Å². The van der Waals surface area contributed by atoms with Gasteiger partial charge in [-0.25, -0.2) is 0 Å². The van der Waals surface area contributed by atoms with E-state index in [1.807, 2.05) is 48.9 Å². The van der Waals surface area contributed by atoms with Crippen molar-refractivity contribution in [1.29, 1.82) is 0 Å². The molecule has 30 heavy (non-hydrogen) atoms. The number of fused-ring (bicyclic) bond motifs is 1. The van der Waals surface area contributed by atoms with Gasteiger partial charge in [0.2, 0.25) is 5.91 Å². The number of aromatic nitrogens is 3. The van der Waals surface area contributed by atoms with Crippen molar-refractivity contribution in [2.45, 2.75) is 44.2 Å². The lowest BCUT2D eigenvalue weighted by Gasteiger charge is -2.12. The minimum Gasteiger partial charge on any atom is -0.316 e. The molecule has 0 saturated heterocycles. The van der Waals surface area contributed by atoms with Gasteiger partial charge in [-0.3, -0.25) is 9.59 Å². The van der Waals surface area contributed by atoms with E-state index in [0.717, 1.165) is 43.5 Å². The van der Waals surface area contributed by atoms with Gasteiger partial charge in [-0.1, -0.05) is 49.0 Å². The fraction of sp³-hybridized carbons (Fsp3) is 0.364. The molecule has 0 fully saturated rings. The van der Waals surface area contributed by atoms with Crippen LogP contribution in [-0.2, 0) is 31.1 Å². The molecule has 6 nitrogen and oxygen atoms in total. The van der Waals surface area contributed by atoms with E-state index in [0.29, 0.717) is 21.3 Å². The largest absolute Gasteiger partial charge is 0.316 e. The van der Waals surface area contributed by atoms with Crippen LogP contribution in [0.3, 0.4) is 0 Å². The van der Waals surface area contributed by atoms with E-state index >= 15 is 0 Å². The first-order chi connectivity index (χ1) is 14.6. The Kier molecular flexibility index (Phi) is 6.34. The first-order valence-electron chi connectivity index (χ1n) is 10.1. The predicted molar refractivity (Wildman–Crippen MR) is 121 cm³/mol. The molecule has 2 aromatic heterocycles. The van der Waals surface area contributed by atoms with Gasteiger partial charge in [-0.05, 0) is 31.2 Å². The summed E-state index contributed by atoms with van der Waals surface area (Å²) in [6.45, 7) is 2.02. The van der Waals surface area contributed by atoms with Gasteiger partial charge in [-0.2, -0.15) is 0 Å². The number of thioether (sulfide) groups is 1. The Morgan fingerprint density at radius 3 is 2.67 bits per heavy atom. The normalized spacial score (nSPS) is 13.1. The zero-order chi connectivity index (χ0) is 21.1. The Bertz CT molecular complexity index is 1070. The lowest BCUT2D eigenvalue weighted by Crippen LogP contribution is -2.16. The van der Waals surface area contributed by atoms with Crippen molar-refractivity contribution in [3.63, 3.8) is 0 Å². The van der Waals surface area contributed by atoms with Crippen LogP contribution >= 0.6 is 23.1 Å². The molecule has 3 aromatic rings. The summed E-state index contributed by atoms with van der Waals surface area (Å²) in [5.41, 5.74) is 2.44. The first kappa shape index (κ1) is 20.8. The molecule has 1 aliphatic rings. The van der Waals surface area contributed by atoms with E-state index in [-0.39, 0.29) is 17.4 Å². The van der Waals surface area contributed by atoms with Crippen molar-refractivity contribution in [1.82, 2.24) is 14.8 Å². The van der Waals surface area contributed by atoms with E-state index in [2.05, 4.69) is 15.5 Å². The highest BCUT2D eigenvalue weighted by atomic mass is 32.2. The lowest BCUT2D eigenvalue weighted by molar-refractivity contribution is -0.113. The topological polar surface area (TPSA) is 76.9 Å². The summed E-state index contributed by atoms with van der Waals surface area (Å²) in [4.78, 5) is 27.2. The van der Waals surface area contributed by atoms with Gasteiger partial charge < -0.3 is 9.88 Å². The molecule has 1 aliphatic carbocycles. The number of ketones is 1. The second kappa shape index (κ2) is 9.14. The van der Waals surface area contributed by atoms with E-state index in [1.165, 1.54) is 16.6 Å². The van der Waals surface area contributed by atoms with Gasteiger partial charge in [0, 0.05) is 23.9 Å². The third-order valence-electron chi connectivity index (χ3n) is 5.26. The maximum atomic E-state index is 13.3. The van der Waals surface area contributed by atoms with E-state index in [4.69, 9.17) is 0 Å². The summed E-state index contributed by atoms with van der Waals surface area (Å²) in [5.74, 6) is 0.956. The number of carbonyl (C=O) groups is 2. The number of aryl methyl sites for hydroxylation is 2. The second-order valence-electron chi connectivity index (χ2n) is 7.26. The number of carbonyl (C=O) groups excluding carboxylic acids is 2. The van der Waals surface area contributed by atoms with Crippen LogP contribution < -0.4 is 5.32 Å². The quantitative estimate of drug-likeness (QED) is 0.438. The summed E-state index contributed by atoms with van der Waals surface area (Å²) in [7, 11) is 1.91. The summed E-state index contributed by atoms with van der Waals surface area (Å²) in [6, 6.07) is 9.29. The van der Waals surface area contributed by atoms with Gasteiger partial charge in [0.15, 0.2) is 10.9 Å². The number of nitrogens with one attached hydrogen (secondary N) is 1. The fourth-order valence-corrected chi connectivity index (χ4v) is 5.73. The SMILES string of the molecule is CCc1nnc(SCC(=O)Nc2sc3c(c2C(=O)c2ccccc2)CCCC3)n1C. The maximum absolute atomic E-state index is 13.3. The molecule has 8 heteroatoms. The van der Waals surface area contributed by atoms with Crippen molar-refractivity contribution < 1.29 is 9.59 Å². The molecule has 0 radical (unpaired) electrons. The molecule has 0 atom stereocenters. The molecule has 1 N–H and O–H groups in total. The molecule has 2 heterocycles. The minimum absolute atomic E-state index is 0.0150. The zero-order valence-electron chi connectivity index (χ0n) is 17.1. The smallest absolute Gasteiger partial charge is 0.235 e. The van der Waals surface area contributed by atoms with Crippen molar-refractivity contribution in [2.75, 3.05) is 11.1 Å². The monoisotopic (exact) mass is 440 g/mol. The predicted octanol–water partition coefficient (Wildman–Crippen LogP) is 4.28. The molecule has 0 aliphatic heterocycles. The Hall–Kier alpha value is -2.45. The van der Waals surface area contributed by atoms with Gasteiger partial charge in [0.25, 0.3) is 0 Å². The maximum Gasteiger partial charge on any atom is 0.235 e. The number of thiophene rings is 1. The third-order valence-corrected chi connectivity index (χ3v) is 7.49. The minimum atomic E-state index is -0.137. The van der Waals surface area contributed by atoms with Gasteiger partial charge in [-0.15, -0.1) is 21.5 Å². The Labute approximate surface area is 184 Å². The summed E-state index contributed by atoms with van der Waals surface area (Å²) >= 11 is 2.90. The van der Waals surface area contributed by atoms with Gasteiger partial charge in [0.05, 0.1) is 11.3 Å². The van der Waals surface area contributed by atoms with Crippen LogP contribution in [0.15, 0.2) is 35.5 Å². The molecule has 0 spiro atoms. The van der Waals surface area contributed by atoms with E-state index in [9.17, 15) is 9.59 Å². The van der Waals surface area contributed by atoms with Crippen LogP contribution in [0.5, 0.6) is 0 Å². The van der Waals surface area contributed by atoms with Crippen LogP contribution in [0.25, 0.3) is 0 Å². The highest BCUT2D eigenvalue weighted by molar-refractivity contribution is 7.99. The summed E-state index contributed by atoms with van der Waals surface area (Å²) < 4.78 is 1.91. The summed E-state index contributed by atoms with van der Waals surface area (Å²) in [5, 5.41) is 12.7. The average Bonchev–Trinajstić information content (AvgIpc) is 3.31. The fourth-order valence-electron chi connectivity index (χ4n) is 3.70. The average molecular weight is 441 g/mol. The number of anilines is 1. The standard InChI is InChI=1S/C22H24N4O2S2/c1-3-17-24-25-22(26(17)2)29-13-18(27)23-21-19(15-11-7-8-12-16(15)30-21)20(28)14-9-5-4-6-10-14/h4-6,9-10H,3,7-8,11-13H2,1-2H3,(H,23,27). The van der Waals surface area contributed by atoms with Gasteiger partial charge >= 0.3 is 0 Å². The van der Waals surface area contributed by atoms with Crippen LogP contribution in [0.4, 0.5) is 5.00 Å². The number of amides is 1. The van der Waals surface area contributed by atoms with E-state index in [1.54, 1.807) is 11.3 Å². The second-order valence-corrected chi connectivity index (χ2v) is 9.31. The van der Waals surface area contributed by atoms with Crippen molar-refractivity contribution in [2.24, 2.45) is 7.05 Å². The van der Waals surface area contributed by atoms with Gasteiger partial charge in [0.1, 0.15) is 10.8 Å². The molecule has 4 rings (SSSR count). The number of nitrogens with zero attached hydrogens (tertiary/aromatic N) is 3. The van der Waals surface area contributed by atoms with Crippen LogP contribution in [-0.4, -0.2) is 32.2 Å². The Balaban J connectivity index is 1.54. The Morgan fingerprint density at radius 2 is 1.93 bits per heavy atom. The molecule has 1 amide bonds. The molecule has 1 aromatic carbocycles. The summed E-state index contributed by atoms with van der Waals surface area (Å²) in [6.07, 6.45) is 4.86. The van der Waals surface area contributed by atoms with Crippen LogP contribution in [0.1, 0.15) is 52.0 Å². The number of rotatable bonds is 7. The molecule has 0 unspecified atom stereocenters.